The molecule has 0 spiro atoms. The van der Waals surface area contributed by atoms with Gasteiger partial charge in [-0.3, -0.25) is 4.79 Å². The van der Waals surface area contributed by atoms with E-state index in [9.17, 15) is 14.4 Å². The van der Waals surface area contributed by atoms with Crippen LogP contribution in [-0.2, 0) is 14.3 Å². The van der Waals surface area contributed by atoms with Gasteiger partial charge < -0.3 is 20.1 Å². The highest BCUT2D eigenvalue weighted by Gasteiger charge is 2.21. The number of esters is 1. The summed E-state index contributed by atoms with van der Waals surface area (Å²) in [6.07, 6.45) is 0.0531. The number of urea groups is 1. The smallest absolute Gasteiger partial charge is 0.326 e. The van der Waals surface area contributed by atoms with Gasteiger partial charge in [-0.15, -0.1) is 0 Å². The third kappa shape index (κ3) is 4.63. The quantitative estimate of drug-likeness (QED) is 0.632. The number of carboxylic acids is 1. The summed E-state index contributed by atoms with van der Waals surface area (Å²) in [6, 6.07) is -1.46. The lowest BCUT2D eigenvalue weighted by Crippen LogP contribution is -2.46. The second-order valence-electron chi connectivity index (χ2n) is 3.18. The van der Waals surface area contributed by atoms with Crippen molar-refractivity contribution < 1.29 is 24.2 Å². The molecular formula is C9H16N2O5. The van der Waals surface area contributed by atoms with Crippen LogP contribution in [0.15, 0.2) is 0 Å². The zero-order valence-corrected chi connectivity index (χ0v) is 9.52. The molecule has 0 saturated heterocycles. The van der Waals surface area contributed by atoms with Crippen molar-refractivity contribution in [1.29, 1.82) is 0 Å². The molecule has 0 heterocycles. The molecule has 0 aliphatic carbocycles. The number of ether oxygens (including phenoxy) is 1. The molecule has 1 unspecified atom stereocenters. The van der Waals surface area contributed by atoms with Gasteiger partial charge in [0.2, 0.25) is 0 Å². The first-order valence-corrected chi connectivity index (χ1v) is 4.70. The van der Waals surface area contributed by atoms with E-state index in [-0.39, 0.29) is 13.0 Å². The summed E-state index contributed by atoms with van der Waals surface area (Å²) in [7, 11) is 2.62. The first-order valence-electron chi connectivity index (χ1n) is 4.70. The number of likely N-dealkylation sites (N-methyl/N-ethyl adjacent to an activating group) is 1. The van der Waals surface area contributed by atoms with Crippen molar-refractivity contribution in [3.05, 3.63) is 0 Å². The van der Waals surface area contributed by atoms with Gasteiger partial charge in [-0.05, 0) is 6.92 Å². The average molecular weight is 232 g/mol. The first kappa shape index (κ1) is 14.2. The van der Waals surface area contributed by atoms with Gasteiger partial charge >= 0.3 is 18.0 Å². The van der Waals surface area contributed by atoms with Crippen molar-refractivity contribution in [2.75, 3.05) is 20.7 Å². The number of carbonyl (C=O) groups excluding carboxylic acids is 2. The van der Waals surface area contributed by atoms with Gasteiger partial charge in [0.25, 0.3) is 0 Å². The molecule has 1 atom stereocenters. The number of carbonyl (C=O) groups is 3. The zero-order chi connectivity index (χ0) is 12.7. The Morgan fingerprint density at radius 2 is 2.00 bits per heavy atom. The van der Waals surface area contributed by atoms with Crippen LogP contribution in [0.3, 0.4) is 0 Å². The Morgan fingerprint density at radius 1 is 1.44 bits per heavy atom. The summed E-state index contributed by atoms with van der Waals surface area (Å²) < 4.78 is 4.38. The SMILES string of the molecule is COC(=O)CCNC(=O)N(C)C(C)C(=O)O. The Labute approximate surface area is 93.4 Å². The van der Waals surface area contributed by atoms with Gasteiger partial charge in [-0.25, -0.2) is 9.59 Å². The van der Waals surface area contributed by atoms with E-state index in [1.54, 1.807) is 0 Å². The zero-order valence-electron chi connectivity index (χ0n) is 9.52. The number of carboxylic acid groups (broad SMARTS) is 1. The summed E-state index contributed by atoms with van der Waals surface area (Å²) in [5.74, 6) is -1.53. The van der Waals surface area contributed by atoms with Crippen molar-refractivity contribution in [3.8, 4) is 0 Å². The van der Waals surface area contributed by atoms with Crippen molar-refractivity contribution in [3.63, 3.8) is 0 Å². The van der Waals surface area contributed by atoms with Crippen LogP contribution in [0.25, 0.3) is 0 Å². The minimum atomic E-state index is -1.09. The van der Waals surface area contributed by atoms with Gasteiger partial charge in [-0.1, -0.05) is 0 Å². The molecule has 0 aliphatic rings. The molecule has 2 N–H and O–H groups in total. The van der Waals surface area contributed by atoms with E-state index in [0.29, 0.717) is 0 Å². The fraction of sp³-hybridized carbons (Fsp3) is 0.667. The summed E-state index contributed by atoms with van der Waals surface area (Å²) in [5.41, 5.74) is 0. The lowest BCUT2D eigenvalue weighted by atomic mass is 10.3. The standard InChI is InChI=1S/C9H16N2O5/c1-6(8(13)14)11(2)9(15)10-5-4-7(12)16-3/h6H,4-5H2,1-3H3,(H,10,15)(H,13,14). The van der Waals surface area contributed by atoms with Crippen LogP contribution >= 0.6 is 0 Å². The van der Waals surface area contributed by atoms with Crippen LogP contribution in [0.4, 0.5) is 4.79 Å². The Bertz CT molecular complexity index is 279. The summed E-state index contributed by atoms with van der Waals surface area (Å²) in [4.78, 5) is 33.7. The van der Waals surface area contributed by atoms with E-state index in [0.717, 1.165) is 4.90 Å². The first-order chi connectivity index (χ1) is 7.40. The monoisotopic (exact) mass is 232 g/mol. The molecule has 0 fully saturated rings. The number of amides is 2. The number of nitrogens with one attached hydrogen (secondary N) is 1. The molecule has 0 aromatic carbocycles. The number of methoxy groups -OCH3 is 1. The molecule has 0 aliphatic heterocycles. The summed E-state index contributed by atoms with van der Waals surface area (Å²) in [5, 5.41) is 11.1. The van der Waals surface area contributed by atoms with E-state index in [2.05, 4.69) is 10.1 Å². The molecule has 92 valence electrons. The van der Waals surface area contributed by atoms with Gasteiger partial charge in [0, 0.05) is 13.6 Å². The Kier molecular flexibility index (Phi) is 5.91. The number of hydrogen-bond donors (Lipinski definition) is 2. The van der Waals surface area contributed by atoms with E-state index >= 15 is 0 Å². The second-order valence-corrected chi connectivity index (χ2v) is 3.18. The van der Waals surface area contributed by atoms with E-state index < -0.39 is 24.0 Å². The normalized spacial score (nSPS) is 11.4. The maximum Gasteiger partial charge on any atom is 0.326 e. The van der Waals surface area contributed by atoms with E-state index in [1.165, 1.54) is 21.1 Å². The van der Waals surface area contributed by atoms with Gasteiger partial charge in [0.05, 0.1) is 13.5 Å². The van der Waals surface area contributed by atoms with E-state index in [1.807, 2.05) is 0 Å². The minimum absolute atomic E-state index is 0.0531. The number of hydrogen-bond acceptors (Lipinski definition) is 4. The highest BCUT2D eigenvalue weighted by molar-refractivity contribution is 5.82. The van der Waals surface area contributed by atoms with Crippen molar-refractivity contribution >= 4 is 18.0 Å². The molecular weight excluding hydrogens is 216 g/mol. The molecule has 2 amide bonds. The molecule has 0 saturated carbocycles. The Balaban J connectivity index is 3.97. The summed E-state index contributed by atoms with van der Waals surface area (Å²) >= 11 is 0. The average Bonchev–Trinajstić information content (AvgIpc) is 2.26. The van der Waals surface area contributed by atoms with Crippen LogP contribution in [0.2, 0.25) is 0 Å². The number of nitrogens with zero attached hydrogens (tertiary/aromatic N) is 1. The predicted octanol–water partition coefficient (Wildman–Crippen LogP) is -0.336. The number of aliphatic carboxylic acids is 1. The van der Waals surface area contributed by atoms with Crippen LogP contribution in [0.1, 0.15) is 13.3 Å². The molecule has 0 radical (unpaired) electrons. The Morgan fingerprint density at radius 3 is 2.44 bits per heavy atom. The van der Waals surface area contributed by atoms with E-state index in [4.69, 9.17) is 5.11 Å². The van der Waals surface area contributed by atoms with Crippen LogP contribution in [0, 0.1) is 0 Å². The minimum Gasteiger partial charge on any atom is -0.480 e. The van der Waals surface area contributed by atoms with Gasteiger partial charge in [-0.2, -0.15) is 0 Å². The highest BCUT2D eigenvalue weighted by Crippen LogP contribution is 1.96. The maximum absolute atomic E-state index is 11.4. The third-order valence-corrected chi connectivity index (χ3v) is 2.09. The summed E-state index contributed by atoms with van der Waals surface area (Å²) in [6.45, 7) is 1.50. The van der Waals surface area contributed by atoms with Crippen LogP contribution < -0.4 is 5.32 Å². The third-order valence-electron chi connectivity index (χ3n) is 2.09. The van der Waals surface area contributed by atoms with Crippen molar-refractivity contribution in [2.24, 2.45) is 0 Å². The predicted molar refractivity (Wildman–Crippen MR) is 54.9 cm³/mol. The Hall–Kier alpha value is -1.79. The topological polar surface area (TPSA) is 95.9 Å². The molecule has 0 rings (SSSR count). The lowest BCUT2D eigenvalue weighted by Gasteiger charge is -2.21. The molecule has 7 nitrogen and oxygen atoms in total. The fourth-order valence-electron chi connectivity index (χ4n) is 0.840. The van der Waals surface area contributed by atoms with Gasteiger partial charge in [0.1, 0.15) is 6.04 Å². The lowest BCUT2D eigenvalue weighted by molar-refractivity contribution is -0.142. The molecule has 7 heteroatoms. The van der Waals surface area contributed by atoms with Crippen LogP contribution in [0.5, 0.6) is 0 Å². The maximum atomic E-state index is 11.4. The molecule has 16 heavy (non-hydrogen) atoms. The molecule has 0 aromatic heterocycles. The number of rotatable bonds is 5. The highest BCUT2D eigenvalue weighted by atomic mass is 16.5. The van der Waals surface area contributed by atoms with Crippen molar-refractivity contribution in [2.45, 2.75) is 19.4 Å². The van der Waals surface area contributed by atoms with Crippen molar-refractivity contribution in [1.82, 2.24) is 10.2 Å². The van der Waals surface area contributed by atoms with Crippen LogP contribution in [-0.4, -0.2) is 54.7 Å². The molecule has 0 aromatic rings. The fourth-order valence-corrected chi connectivity index (χ4v) is 0.840. The second kappa shape index (κ2) is 6.65. The molecule has 0 bridgehead atoms. The van der Waals surface area contributed by atoms with Gasteiger partial charge in [0.15, 0.2) is 0 Å². The largest absolute Gasteiger partial charge is 0.480 e.